The lowest BCUT2D eigenvalue weighted by Gasteiger charge is -2.15. The number of azo groups is 1. The highest BCUT2D eigenvalue weighted by Crippen LogP contribution is 2.33. The molecule has 0 atom stereocenters. The minimum Gasteiger partial charge on any atom is -0.478 e. The molecule has 26 heavy (non-hydrogen) atoms. The normalized spacial score (nSPS) is 12.2. The first-order chi connectivity index (χ1) is 12.2. The Morgan fingerprint density at radius 1 is 1.19 bits per heavy atom. The number of aromatic nitrogens is 2. The van der Waals surface area contributed by atoms with Crippen molar-refractivity contribution in [2.75, 3.05) is 0 Å². The Labute approximate surface area is 150 Å². The number of imidazole rings is 1. The van der Waals surface area contributed by atoms with Crippen molar-refractivity contribution in [3.8, 4) is 0 Å². The molecule has 2 heterocycles. The van der Waals surface area contributed by atoms with Gasteiger partial charge in [-0.3, -0.25) is 4.40 Å². The van der Waals surface area contributed by atoms with Crippen LogP contribution in [-0.2, 0) is 5.41 Å². The summed E-state index contributed by atoms with van der Waals surface area (Å²) in [6, 6.07) is 7.58. The maximum Gasteiger partial charge on any atom is 0.335 e. The Bertz CT molecular complexity index is 1030. The fourth-order valence-corrected chi connectivity index (χ4v) is 2.56. The molecule has 3 aromatic rings. The average Bonchev–Trinajstić information content (AvgIpc) is 2.92. The highest BCUT2D eigenvalue weighted by Gasteiger charge is 2.24. The van der Waals surface area contributed by atoms with Gasteiger partial charge >= 0.3 is 5.97 Å². The van der Waals surface area contributed by atoms with E-state index in [1.165, 1.54) is 24.4 Å². The maximum absolute atomic E-state index is 13.7. The van der Waals surface area contributed by atoms with E-state index in [0.717, 1.165) is 5.56 Å². The van der Waals surface area contributed by atoms with Gasteiger partial charge in [-0.1, -0.05) is 26.8 Å². The van der Waals surface area contributed by atoms with Crippen LogP contribution in [0.1, 0.15) is 42.4 Å². The molecule has 0 saturated carbocycles. The van der Waals surface area contributed by atoms with Gasteiger partial charge in [0.2, 0.25) is 0 Å². The van der Waals surface area contributed by atoms with Gasteiger partial charge in [-0.25, -0.2) is 14.2 Å². The van der Waals surface area contributed by atoms with Crippen molar-refractivity contribution in [3.05, 3.63) is 59.2 Å². The zero-order valence-corrected chi connectivity index (χ0v) is 15.0. The molecule has 0 saturated heterocycles. The first kappa shape index (κ1) is 17.7. The number of fused-ring (bicyclic) bond motifs is 1. The number of hydrogen-bond acceptors (Lipinski definition) is 4. The van der Waals surface area contributed by atoms with Gasteiger partial charge in [0.25, 0.3) is 0 Å². The van der Waals surface area contributed by atoms with E-state index in [-0.39, 0.29) is 11.0 Å². The van der Waals surface area contributed by atoms with Gasteiger partial charge in [-0.05, 0) is 36.8 Å². The van der Waals surface area contributed by atoms with E-state index >= 15 is 0 Å². The van der Waals surface area contributed by atoms with E-state index in [0.29, 0.717) is 22.8 Å². The standard InChI is InChI=1S/C19H19FN4O2/c1-11-5-6-12(18(25)26)9-14(11)22-23-17-16(19(2,3)4)21-15-8-7-13(20)10-24(15)17/h5-10H,1-4H3,(H,25,26). The highest BCUT2D eigenvalue weighted by atomic mass is 19.1. The molecule has 7 heteroatoms. The predicted octanol–water partition coefficient (Wildman–Crippen LogP) is 5.19. The fourth-order valence-electron chi connectivity index (χ4n) is 2.56. The van der Waals surface area contributed by atoms with Gasteiger partial charge in [0, 0.05) is 11.6 Å². The highest BCUT2D eigenvalue weighted by molar-refractivity contribution is 5.88. The van der Waals surface area contributed by atoms with Gasteiger partial charge in [0.15, 0.2) is 5.82 Å². The van der Waals surface area contributed by atoms with Crippen LogP contribution < -0.4 is 0 Å². The largest absolute Gasteiger partial charge is 0.478 e. The molecule has 1 N–H and O–H groups in total. The van der Waals surface area contributed by atoms with Crippen molar-refractivity contribution in [2.24, 2.45) is 10.2 Å². The van der Waals surface area contributed by atoms with Crippen LogP contribution in [0.15, 0.2) is 46.8 Å². The van der Waals surface area contributed by atoms with Gasteiger partial charge < -0.3 is 5.11 Å². The third-order valence-corrected chi connectivity index (χ3v) is 3.98. The van der Waals surface area contributed by atoms with E-state index in [1.54, 1.807) is 16.5 Å². The molecule has 3 rings (SSSR count). The van der Waals surface area contributed by atoms with Gasteiger partial charge in [0.1, 0.15) is 11.5 Å². The van der Waals surface area contributed by atoms with E-state index in [9.17, 15) is 9.18 Å². The van der Waals surface area contributed by atoms with Crippen molar-refractivity contribution < 1.29 is 14.3 Å². The summed E-state index contributed by atoms with van der Waals surface area (Å²) in [5.41, 5.74) is 2.28. The molecule has 0 radical (unpaired) electrons. The predicted molar refractivity (Wildman–Crippen MR) is 96.2 cm³/mol. The molecule has 0 amide bonds. The molecule has 6 nitrogen and oxygen atoms in total. The summed E-state index contributed by atoms with van der Waals surface area (Å²) in [4.78, 5) is 15.7. The molecule has 0 spiro atoms. The summed E-state index contributed by atoms with van der Waals surface area (Å²) in [5, 5.41) is 17.7. The number of pyridine rings is 1. The molecule has 0 aliphatic carbocycles. The molecule has 1 aromatic carbocycles. The molecular formula is C19H19FN4O2. The van der Waals surface area contributed by atoms with Crippen LogP contribution in [0.4, 0.5) is 15.9 Å². The zero-order valence-electron chi connectivity index (χ0n) is 15.0. The minimum absolute atomic E-state index is 0.129. The Hall–Kier alpha value is -3.09. The first-order valence-corrected chi connectivity index (χ1v) is 8.10. The molecule has 0 aliphatic heterocycles. The van der Waals surface area contributed by atoms with Gasteiger partial charge in [0.05, 0.1) is 16.9 Å². The molecule has 2 aromatic heterocycles. The van der Waals surface area contributed by atoms with Crippen LogP contribution in [-0.4, -0.2) is 20.5 Å². The van der Waals surface area contributed by atoms with Crippen LogP contribution in [0.2, 0.25) is 0 Å². The minimum atomic E-state index is -1.03. The second-order valence-electron chi connectivity index (χ2n) is 7.12. The zero-order chi connectivity index (χ0) is 19.1. The number of aryl methyl sites for hydroxylation is 1. The SMILES string of the molecule is Cc1ccc(C(=O)O)cc1N=Nc1c(C(C)(C)C)nc2ccc(F)cn12. The van der Waals surface area contributed by atoms with E-state index in [2.05, 4.69) is 15.2 Å². The summed E-state index contributed by atoms with van der Waals surface area (Å²) < 4.78 is 15.3. The molecule has 0 aliphatic rings. The third-order valence-electron chi connectivity index (χ3n) is 3.98. The van der Waals surface area contributed by atoms with Crippen LogP contribution in [0.25, 0.3) is 5.65 Å². The molecular weight excluding hydrogens is 335 g/mol. The topological polar surface area (TPSA) is 79.3 Å². The number of carboxylic acids is 1. The van der Waals surface area contributed by atoms with E-state index in [1.807, 2.05) is 27.7 Å². The van der Waals surface area contributed by atoms with Crippen LogP contribution >= 0.6 is 0 Å². The summed E-state index contributed by atoms with van der Waals surface area (Å²) in [7, 11) is 0. The third kappa shape index (κ3) is 3.33. The number of halogens is 1. The monoisotopic (exact) mass is 354 g/mol. The quantitative estimate of drug-likeness (QED) is 0.657. The lowest BCUT2D eigenvalue weighted by Crippen LogP contribution is -2.11. The lowest BCUT2D eigenvalue weighted by atomic mass is 9.92. The van der Waals surface area contributed by atoms with Crippen molar-refractivity contribution in [1.82, 2.24) is 9.38 Å². The molecule has 0 unspecified atom stereocenters. The Morgan fingerprint density at radius 3 is 2.58 bits per heavy atom. The molecule has 0 fully saturated rings. The summed E-state index contributed by atoms with van der Waals surface area (Å²) in [6.45, 7) is 7.78. The van der Waals surface area contributed by atoms with Crippen LogP contribution in [0.5, 0.6) is 0 Å². The number of nitrogens with zero attached hydrogens (tertiary/aromatic N) is 4. The summed E-state index contributed by atoms with van der Waals surface area (Å²) in [6.07, 6.45) is 1.31. The van der Waals surface area contributed by atoms with Crippen LogP contribution in [0, 0.1) is 12.7 Å². The fraction of sp³-hybridized carbons (Fsp3) is 0.263. The van der Waals surface area contributed by atoms with Gasteiger partial charge in [-0.2, -0.15) is 0 Å². The van der Waals surface area contributed by atoms with Crippen molar-refractivity contribution in [1.29, 1.82) is 0 Å². The van der Waals surface area contributed by atoms with E-state index < -0.39 is 11.8 Å². The second kappa shape index (κ2) is 6.33. The van der Waals surface area contributed by atoms with E-state index in [4.69, 9.17) is 5.11 Å². The Kier molecular flexibility index (Phi) is 4.31. The van der Waals surface area contributed by atoms with Gasteiger partial charge in [-0.15, -0.1) is 10.2 Å². The Balaban J connectivity index is 2.16. The number of aromatic carboxylic acids is 1. The number of hydrogen-bond donors (Lipinski definition) is 1. The summed E-state index contributed by atoms with van der Waals surface area (Å²) >= 11 is 0. The van der Waals surface area contributed by atoms with Crippen molar-refractivity contribution in [3.63, 3.8) is 0 Å². The molecule has 0 bridgehead atoms. The summed E-state index contributed by atoms with van der Waals surface area (Å²) in [5.74, 6) is -1.02. The number of carbonyl (C=O) groups is 1. The number of carboxylic acid groups (broad SMARTS) is 1. The number of rotatable bonds is 3. The maximum atomic E-state index is 13.7. The van der Waals surface area contributed by atoms with Crippen LogP contribution in [0.3, 0.4) is 0 Å². The average molecular weight is 354 g/mol. The number of benzene rings is 1. The smallest absolute Gasteiger partial charge is 0.335 e. The first-order valence-electron chi connectivity index (χ1n) is 8.10. The molecule has 134 valence electrons. The Morgan fingerprint density at radius 2 is 1.92 bits per heavy atom. The lowest BCUT2D eigenvalue weighted by molar-refractivity contribution is 0.0697. The van der Waals surface area contributed by atoms with Crippen molar-refractivity contribution >= 4 is 23.1 Å². The second-order valence-corrected chi connectivity index (χ2v) is 7.12. The van der Waals surface area contributed by atoms with Crippen molar-refractivity contribution in [2.45, 2.75) is 33.1 Å².